The highest BCUT2D eigenvalue weighted by molar-refractivity contribution is 5.84. The number of benzene rings is 2. The van der Waals surface area contributed by atoms with Crippen LogP contribution in [0.3, 0.4) is 0 Å². The Labute approximate surface area is 165 Å². The molecule has 1 amide bonds. The lowest BCUT2D eigenvalue weighted by atomic mass is 9.82. The number of hydrogen-bond acceptors (Lipinski definition) is 4. The maximum atomic E-state index is 11.9. The molecule has 0 bridgehead atoms. The topological polar surface area (TPSA) is 95.9 Å². The Balaban J connectivity index is 1.85. The lowest BCUT2D eigenvalue weighted by Gasteiger charge is -2.30. The van der Waals surface area contributed by atoms with E-state index in [1.54, 1.807) is 12.1 Å². The van der Waals surface area contributed by atoms with Crippen LogP contribution in [0, 0.1) is 5.92 Å². The maximum absolute atomic E-state index is 11.9. The summed E-state index contributed by atoms with van der Waals surface area (Å²) in [4.78, 5) is 22.9. The van der Waals surface area contributed by atoms with Crippen LogP contribution in [0.15, 0.2) is 54.6 Å². The Kier molecular flexibility index (Phi) is 7.58. The number of carbonyl (C=O) groups excluding carboxylic acids is 1. The van der Waals surface area contributed by atoms with Crippen molar-refractivity contribution in [3.8, 4) is 0 Å². The molecule has 0 aliphatic heterocycles. The molecule has 28 heavy (non-hydrogen) atoms. The third-order valence-electron chi connectivity index (χ3n) is 4.79. The van der Waals surface area contributed by atoms with Crippen LogP contribution in [0.1, 0.15) is 37.8 Å². The summed E-state index contributed by atoms with van der Waals surface area (Å²) in [7, 11) is 0. The minimum Gasteiger partial charge on any atom is -0.481 e. The van der Waals surface area contributed by atoms with Gasteiger partial charge in [0.25, 0.3) is 0 Å². The Hall–Kier alpha value is -2.86. The molecule has 0 radical (unpaired) electrons. The van der Waals surface area contributed by atoms with Gasteiger partial charge in [0.2, 0.25) is 0 Å². The summed E-state index contributed by atoms with van der Waals surface area (Å²) < 4.78 is 5.18. The minimum absolute atomic E-state index is 0.163. The first kappa shape index (κ1) is 21.4. The zero-order valence-corrected chi connectivity index (χ0v) is 16.2. The zero-order valence-electron chi connectivity index (χ0n) is 16.2. The first-order chi connectivity index (χ1) is 13.3. The lowest BCUT2D eigenvalue weighted by molar-refractivity contribution is -0.145. The molecule has 0 fully saturated rings. The summed E-state index contributed by atoms with van der Waals surface area (Å²) >= 11 is 0. The van der Waals surface area contributed by atoms with Gasteiger partial charge in [0.05, 0.1) is 12.0 Å². The molecule has 0 heterocycles. The molecule has 0 saturated carbocycles. The third kappa shape index (κ3) is 6.70. The summed E-state index contributed by atoms with van der Waals surface area (Å²) in [6.07, 6.45) is 0.0773. The van der Waals surface area contributed by atoms with E-state index < -0.39 is 17.7 Å². The van der Waals surface area contributed by atoms with Crippen LogP contribution in [-0.4, -0.2) is 27.9 Å². The Morgan fingerprint density at radius 1 is 1.04 bits per heavy atom. The highest BCUT2D eigenvalue weighted by Crippen LogP contribution is 2.27. The second-order valence-corrected chi connectivity index (χ2v) is 7.21. The highest BCUT2D eigenvalue weighted by atomic mass is 16.5. The summed E-state index contributed by atoms with van der Waals surface area (Å²) in [6, 6.07) is 16.6. The van der Waals surface area contributed by atoms with E-state index in [1.807, 2.05) is 56.3 Å². The van der Waals surface area contributed by atoms with E-state index in [9.17, 15) is 14.7 Å². The Morgan fingerprint density at radius 3 is 2.25 bits per heavy atom. The SMILES string of the molecule is CC(C)C(O)(CCc1ccc(NC(=O)OCc2ccccc2)cc1)CC(=O)O. The number of aliphatic carboxylic acids is 1. The lowest BCUT2D eigenvalue weighted by Crippen LogP contribution is -2.38. The van der Waals surface area contributed by atoms with Crippen LogP contribution in [0.25, 0.3) is 0 Å². The molecule has 6 nitrogen and oxygen atoms in total. The number of aliphatic hydroxyl groups is 1. The maximum Gasteiger partial charge on any atom is 0.411 e. The second kappa shape index (κ2) is 9.90. The predicted molar refractivity (Wildman–Crippen MR) is 107 cm³/mol. The van der Waals surface area contributed by atoms with Gasteiger partial charge < -0.3 is 14.9 Å². The fourth-order valence-corrected chi connectivity index (χ4v) is 2.84. The van der Waals surface area contributed by atoms with Gasteiger partial charge in [-0.1, -0.05) is 56.3 Å². The standard InChI is InChI=1S/C22H27NO5/c1-16(2)22(27,14-20(24)25)13-12-17-8-10-19(11-9-17)23-21(26)28-15-18-6-4-3-5-7-18/h3-11,16,27H,12-15H2,1-2H3,(H,23,26)(H,24,25). The fraction of sp³-hybridized carbons (Fsp3) is 0.364. The van der Waals surface area contributed by atoms with Crippen molar-refractivity contribution in [3.63, 3.8) is 0 Å². The summed E-state index contributed by atoms with van der Waals surface area (Å²) in [5.74, 6) is -1.17. The normalized spacial score (nSPS) is 13.0. The molecule has 1 atom stereocenters. The van der Waals surface area contributed by atoms with E-state index in [4.69, 9.17) is 9.84 Å². The smallest absolute Gasteiger partial charge is 0.411 e. The highest BCUT2D eigenvalue weighted by Gasteiger charge is 2.33. The van der Waals surface area contributed by atoms with Crippen LogP contribution in [0.4, 0.5) is 10.5 Å². The van der Waals surface area contributed by atoms with Crippen LogP contribution >= 0.6 is 0 Å². The van der Waals surface area contributed by atoms with Crippen LogP contribution in [-0.2, 0) is 22.6 Å². The molecule has 6 heteroatoms. The van der Waals surface area contributed by atoms with E-state index in [0.717, 1.165) is 11.1 Å². The molecule has 1 unspecified atom stereocenters. The number of aryl methyl sites for hydroxylation is 1. The van der Waals surface area contributed by atoms with E-state index in [0.29, 0.717) is 18.5 Å². The summed E-state index contributed by atoms with van der Waals surface area (Å²) in [6.45, 7) is 3.83. The van der Waals surface area contributed by atoms with E-state index in [-0.39, 0.29) is 18.9 Å². The van der Waals surface area contributed by atoms with Crippen molar-refractivity contribution in [2.45, 2.75) is 45.3 Å². The number of ether oxygens (including phenoxy) is 1. The van der Waals surface area contributed by atoms with Gasteiger partial charge in [0.1, 0.15) is 6.61 Å². The van der Waals surface area contributed by atoms with Crippen molar-refractivity contribution in [1.82, 2.24) is 0 Å². The van der Waals surface area contributed by atoms with Crippen molar-refractivity contribution in [1.29, 1.82) is 0 Å². The van der Waals surface area contributed by atoms with Gasteiger partial charge in [-0.05, 0) is 42.0 Å². The fourth-order valence-electron chi connectivity index (χ4n) is 2.84. The van der Waals surface area contributed by atoms with Gasteiger partial charge >= 0.3 is 12.1 Å². The molecule has 0 spiro atoms. The quantitative estimate of drug-likeness (QED) is 0.600. The number of carbonyl (C=O) groups is 2. The van der Waals surface area contributed by atoms with Gasteiger partial charge in [-0.25, -0.2) is 4.79 Å². The van der Waals surface area contributed by atoms with Gasteiger partial charge in [-0.3, -0.25) is 10.1 Å². The van der Waals surface area contributed by atoms with E-state index in [2.05, 4.69) is 5.32 Å². The number of hydrogen-bond donors (Lipinski definition) is 3. The van der Waals surface area contributed by atoms with E-state index in [1.165, 1.54) is 0 Å². The van der Waals surface area contributed by atoms with Gasteiger partial charge in [0, 0.05) is 5.69 Å². The van der Waals surface area contributed by atoms with Crippen molar-refractivity contribution in [3.05, 3.63) is 65.7 Å². The summed E-state index contributed by atoms with van der Waals surface area (Å²) in [5.41, 5.74) is 1.22. The van der Waals surface area contributed by atoms with E-state index >= 15 is 0 Å². The number of amides is 1. The van der Waals surface area contributed by atoms with Crippen LogP contribution in [0.5, 0.6) is 0 Å². The number of anilines is 1. The third-order valence-corrected chi connectivity index (χ3v) is 4.79. The van der Waals surface area contributed by atoms with Gasteiger partial charge in [0.15, 0.2) is 0 Å². The molecule has 3 N–H and O–H groups in total. The van der Waals surface area contributed by atoms with Gasteiger partial charge in [-0.2, -0.15) is 0 Å². The molecule has 150 valence electrons. The molecular weight excluding hydrogens is 358 g/mol. The average Bonchev–Trinajstić information content (AvgIpc) is 2.66. The summed E-state index contributed by atoms with van der Waals surface area (Å²) in [5, 5.41) is 22.3. The number of rotatable bonds is 9. The van der Waals surface area contributed by atoms with Crippen LogP contribution in [0.2, 0.25) is 0 Å². The van der Waals surface area contributed by atoms with Gasteiger partial charge in [-0.15, -0.1) is 0 Å². The molecule has 2 aromatic rings. The minimum atomic E-state index is -1.25. The molecule has 0 aliphatic rings. The molecular formula is C22H27NO5. The zero-order chi connectivity index (χ0) is 20.6. The molecule has 0 aromatic heterocycles. The van der Waals surface area contributed by atoms with Crippen molar-refractivity contribution < 1.29 is 24.5 Å². The second-order valence-electron chi connectivity index (χ2n) is 7.21. The average molecular weight is 385 g/mol. The molecule has 0 saturated heterocycles. The first-order valence-electron chi connectivity index (χ1n) is 9.29. The Morgan fingerprint density at radius 2 is 1.68 bits per heavy atom. The molecule has 2 rings (SSSR count). The largest absolute Gasteiger partial charge is 0.481 e. The van der Waals surface area contributed by atoms with Crippen molar-refractivity contribution >= 4 is 17.7 Å². The number of nitrogens with one attached hydrogen (secondary N) is 1. The number of carboxylic acids is 1. The Bertz CT molecular complexity index is 773. The number of carboxylic acid groups (broad SMARTS) is 1. The molecule has 2 aromatic carbocycles. The first-order valence-corrected chi connectivity index (χ1v) is 9.29. The van der Waals surface area contributed by atoms with Crippen molar-refractivity contribution in [2.24, 2.45) is 5.92 Å². The predicted octanol–water partition coefficient (Wildman–Crippen LogP) is 4.23. The molecule has 0 aliphatic carbocycles. The monoisotopic (exact) mass is 385 g/mol. The van der Waals surface area contributed by atoms with Crippen molar-refractivity contribution in [2.75, 3.05) is 5.32 Å². The van der Waals surface area contributed by atoms with Crippen LogP contribution < -0.4 is 5.32 Å².